The van der Waals surface area contributed by atoms with Crippen molar-refractivity contribution in [2.45, 2.75) is 31.2 Å². The van der Waals surface area contributed by atoms with Crippen LogP contribution in [-0.2, 0) is 5.41 Å². The molecule has 1 aromatic carbocycles. The van der Waals surface area contributed by atoms with Crippen LogP contribution in [0.25, 0.3) is 11.3 Å². The Kier molecular flexibility index (Phi) is 4.28. The summed E-state index contributed by atoms with van der Waals surface area (Å²) in [6.45, 7) is 5.38. The first-order chi connectivity index (χ1) is 12.0. The third-order valence-electron chi connectivity index (χ3n) is 4.58. The van der Waals surface area contributed by atoms with Crippen LogP contribution in [0.3, 0.4) is 0 Å². The lowest BCUT2D eigenvalue weighted by atomic mass is 9.96. The quantitative estimate of drug-likeness (QED) is 0.825. The van der Waals surface area contributed by atoms with Crippen LogP contribution >= 0.6 is 0 Å². The molecule has 1 aromatic heterocycles. The van der Waals surface area contributed by atoms with Crippen LogP contribution in [0, 0.1) is 11.3 Å². The van der Waals surface area contributed by atoms with Gasteiger partial charge in [0.25, 0.3) is 11.5 Å². The topological polar surface area (TPSA) is 85.8 Å². The lowest BCUT2D eigenvalue weighted by Crippen LogP contribution is -2.34. The van der Waals surface area contributed by atoms with E-state index in [9.17, 15) is 14.9 Å². The smallest absolute Gasteiger partial charge is 0.261 e. The number of carbonyl (C=O) groups is 1. The average Bonchev–Trinajstić information content (AvgIpc) is 3.42. The zero-order chi connectivity index (χ0) is 18.0. The highest BCUT2D eigenvalue weighted by Gasteiger charge is 2.44. The Morgan fingerprint density at radius 3 is 2.52 bits per heavy atom. The SMILES string of the molecule is C=C[C@H](C)NC(=O)c1ccc(-c2ccc(C3(C#N)CC3)cc2)[nH]c1=O. The minimum atomic E-state index is -0.439. The van der Waals surface area contributed by atoms with Gasteiger partial charge in [-0.15, -0.1) is 6.58 Å². The van der Waals surface area contributed by atoms with Crippen molar-refractivity contribution < 1.29 is 4.79 Å². The molecule has 2 aromatic rings. The van der Waals surface area contributed by atoms with Gasteiger partial charge in [-0.05, 0) is 43.0 Å². The summed E-state index contributed by atoms with van der Waals surface area (Å²) < 4.78 is 0. The van der Waals surface area contributed by atoms with Crippen LogP contribution in [0.4, 0.5) is 0 Å². The van der Waals surface area contributed by atoms with Crippen molar-refractivity contribution in [3.8, 4) is 17.3 Å². The Balaban J connectivity index is 1.83. The van der Waals surface area contributed by atoms with E-state index in [0.29, 0.717) is 5.69 Å². The van der Waals surface area contributed by atoms with Gasteiger partial charge in [-0.25, -0.2) is 0 Å². The number of amides is 1. The largest absolute Gasteiger partial charge is 0.346 e. The number of carbonyl (C=O) groups excluding carboxylic acids is 1. The van der Waals surface area contributed by atoms with Gasteiger partial charge in [0.05, 0.1) is 11.5 Å². The average molecular weight is 333 g/mol. The molecule has 1 aliphatic carbocycles. The third-order valence-corrected chi connectivity index (χ3v) is 4.58. The van der Waals surface area contributed by atoms with E-state index in [-0.39, 0.29) is 17.0 Å². The maximum Gasteiger partial charge on any atom is 0.261 e. The molecule has 0 radical (unpaired) electrons. The number of nitrogens with one attached hydrogen (secondary N) is 2. The molecule has 0 bridgehead atoms. The second-order valence-corrected chi connectivity index (χ2v) is 6.38. The zero-order valence-corrected chi connectivity index (χ0v) is 14.0. The summed E-state index contributed by atoms with van der Waals surface area (Å²) in [5, 5.41) is 11.9. The monoisotopic (exact) mass is 333 g/mol. The predicted octanol–water partition coefficient (Wildman–Crippen LogP) is 2.90. The Bertz CT molecular complexity index is 915. The third kappa shape index (κ3) is 3.24. The van der Waals surface area contributed by atoms with Crippen molar-refractivity contribution in [1.82, 2.24) is 10.3 Å². The van der Waals surface area contributed by atoms with E-state index >= 15 is 0 Å². The van der Waals surface area contributed by atoms with Crippen LogP contribution in [0.1, 0.15) is 35.7 Å². The van der Waals surface area contributed by atoms with Crippen molar-refractivity contribution in [1.29, 1.82) is 5.26 Å². The van der Waals surface area contributed by atoms with E-state index in [2.05, 4.69) is 22.9 Å². The van der Waals surface area contributed by atoms with E-state index in [1.165, 1.54) is 6.07 Å². The highest BCUT2D eigenvalue weighted by Crippen LogP contribution is 2.47. The molecule has 0 unspecified atom stereocenters. The molecular formula is C20H19N3O2. The summed E-state index contributed by atoms with van der Waals surface area (Å²) in [5.74, 6) is -0.430. The summed E-state index contributed by atoms with van der Waals surface area (Å²) in [6.07, 6.45) is 3.38. The van der Waals surface area contributed by atoms with Crippen LogP contribution in [-0.4, -0.2) is 16.9 Å². The van der Waals surface area contributed by atoms with Crippen molar-refractivity contribution in [3.05, 3.63) is 70.5 Å². The van der Waals surface area contributed by atoms with Gasteiger partial charge in [0.1, 0.15) is 5.56 Å². The number of pyridine rings is 1. The second kappa shape index (κ2) is 6.40. The van der Waals surface area contributed by atoms with Gasteiger partial charge in [0, 0.05) is 11.7 Å². The molecular weight excluding hydrogens is 314 g/mol. The zero-order valence-electron chi connectivity index (χ0n) is 14.0. The molecule has 1 saturated carbocycles. The summed E-state index contributed by atoms with van der Waals surface area (Å²) >= 11 is 0. The number of aromatic amines is 1. The van der Waals surface area contributed by atoms with Crippen LogP contribution < -0.4 is 10.9 Å². The normalized spacial score (nSPS) is 15.7. The van der Waals surface area contributed by atoms with Crippen molar-refractivity contribution >= 4 is 5.91 Å². The first-order valence-electron chi connectivity index (χ1n) is 8.18. The highest BCUT2D eigenvalue weighted by atomic mass is 16.2. The summed E-state index contributed by atoms with van der Waals surface area (Å²) in [7, 11) is 0. The molecule has 1 amide bonds. The van der Waals surface area contributed by atoms with Gasteiger partial charge in [-0.2, -0.15) is 5.26 Å². The fraction of sp³-hybridized carbons (Fsp3) is 0.250. The van der Waals surface area contributed by atoms with Crippen molar-refractivity contribution in [2.24, 2.45) is 0 Å². The van der Waals surface area contributed by atoms with Gasteiger partial charge in [-0.1, -0.05) is 30.3 Å². The molecule has 1 heterocycles. The molecule has 25 heavy (non-hydrogen) atoms. The molecule has 1 atom stereocenters. The fourth-order valence-electron chi connectivity index (χ4n) is 2.72. The van der Waals surface area contributed by atoms with Gasteiger partial charge in [0.15, 0.2) is 0 Å². The number of nitriles is 1. The number of H-pyrrole nitrogens is 1. The number of benzene rings is 1. The molecule has 5 heteroatoms. The van der Waals surface area contributed by atoms with Crippen LogP contribution in [0.5, 0.6) is 0 Å². The van der Waals surface area contributed by atoms with E-state index < -0.39 is 11.5 Å². The molecule has 2 N–H and O–H groups in total. The van der Waals surface area contributed by atoms with E-state index in [0.717, 1.165) is 24.0 Å². The molecule has 5 nitrogen and oxygen atoms in total. The number of hydrogen-bond donors (Lipinski definition) is 2. The minimum absolute atomic E-state index is 0.0653. The highest BCUT2D eigenvalue weighted by molar-refractivity contribution is 5.94. The Labute approximate surface area is 146 Å². The van der Waals surface area contributed by atoms with Gasteiger partial charge in [-0.3, -0.25) is 9.59 Å². The number of nitrogens with zero attached hydrogens (tertiary/aromatic N) is 1. The lowest BCUT2D eigenvalue weighted by molar-refractivity contribution is 0.0945. The lowest BCUT2D eigenvalue weighted by Gasteiger charge is -2.10. The van der Waals surface area contributed by atoms with Crippen LogP contribution in [0.2, 0.25) is 0 Å². The molecule has 0 spiro atoms. The van der Waals surface area contributed by atoms with E-state index in [4.69, 9.17) is 0 Å². The number of hydrogen-bond acceptors (Lipinski definition) is 3. The maximum absolute atomic E-state index is 12.2. The predicted molar refractivity (Wildman–Crippen MR) is 96.1 cm³/mol. The summed E-state index contributed by atoms with van der Waals surface area (Å²) in [4.78, 5) is 27.0. The fourth-order valence-corrected chi connectivity index (χ4v) is 2.72. The molecule has 126 valence electrons. The first-order valence-corrected chi connectivity index (χ1v) is 8.18. The Morgan fingerprint density at radius 1 is 1.32 bits per heavy atom. The van der Waals surface area contributed by atoms with Crippen molar-refractivity contribution in [2.75, 3.05) is 0 Å². The van der Waals surface area contributed by atoms with Gasteiger partial charge < -0.3 is 10.3 Å². The number of rotatable bonds is 5. The Morgan fingerprint density at radius 2 is 2.00 bits per heavy atom. The van der Waals surface area contributed by atoms with E-state index in [1.807, 2.05) is 24.3 Å². The molecule has 0 saturated heterocycles. The standard InChI is InChI=1S/C20H19N3O2/c1-3-13(2)22-18(24)16-8-9-17(23-19(16)25)14-4-6-15(7-5-14)20(12-21)10-11-20/h3-9,13H,1,10-11H2,2H3,(H,22,24)(H,23,25)/t13-/m0/s1. The Hall–Kier alpha value is -3.13. The van der Waals surface area contributed by atoms with Gasteiger partial charge in [0.2, 0.25) is 0 Å². The molecule has 1 fully saturated rings. The molecule has 1 aliphatic rings. The molecule has 0 aliphatic heterocycles. The minimum Gasteiger partial charge on any atom is -0.346 e. The van der Waals surface area contributed by atoms with Crippen molar-refractivity contribution in [3.63, 3.8) is 0 Å². The second-order valence-electron chi connectivity index (χ2n) is 6.38. The number of aromatic nitrogens is 1. The first kappa shape index (κ1) is 16.7. The molecule has 3 rings (SSSR count). The van der Waals surface area contributed by atoms with Crippen LogP contribution in [0.15, 0.2) is 53.8 Å². The maximum atomic E-state index is 12.2. The summed E-state index contributed by atoms with van der Waals surface area (Å²) in [5.41, 5.74) is 1.78. The summed E-state index contributed by atoms with van der Waals surface area (Å²) in [6, 6.07) is 13.0. The van der Waals surface area contributed by atoms with E-state index in [1.54, 1.807) is 19.1 Å². The van der Waals surface area contributed by atoms with Gasteiger partial charge >= 0.3 is 0 Å².